The SMILES string of the molecule is CNS(=O)(=O)c1cccc(NC(C)C(C)(C)O)c1. The third kappa shape index (κ3) is 3.69. The molecule has 0 bridgehead atoms. The molecule has 0 spiro atoms. The molecule has 0 saturated heterocycles. The Morgan fingerprint density at radius 1 is 1.33 bits per heavy atom. The zero-order valence-electron chi connectivity index (χ0n) is 11.1. The summed E-state index contributed by atoms with van der Waals surface area (Å²) in [4.78, 5) is 0.193. The van der Waals surface area contributed by atoms with Crippen LogP contribution in [-0.4, -0.2) is 32.2 Å². The summed E-state index contributed by atoms with van der Waals surface area (Å²) in [6, 6.07) is 6.27. The van der Waals surface area contributed by atoms with Gasteiger partial charge in [-0.15, -0.1) is 0 Å². The molecule has 1 rings (SSSR count). The standard InChI is InChI=1S/C12H20N2O3S/c1-9(12(2,3)15)14-10-6-5-7-11(8-10)18(16,17)13-4/h5-9,13-15H,1-4H3. The first-order chi connectivity index (χ1) is 8.16. The number of hydrogen-bond acceptors (Lipinski definition) is 4. The highest BCUT2D eigenvalue weighted by atomic mass is 32.2. The molecule has 0 amide bonds. The lowest BCUT2D eigenvalue weighted by Crippen LogP contribution is -2.39. The van der Waals surface area contributed by atoms with Crippen LogP contribution in [0.3, 0.4) is 0 Å². The summed E-state index contributed by atoms with van der Waals surface area (Å²) >= 11 is 0. The van der Waals surface area contributed by atoms with Crippen LogP contribution in [0.25, 0.3) is 0 Å². The largest absolute Gasteiger partial charge is 0.388 e. The number of rotatable bonds is 5. The van der Waals surface area contributed by atoms with Crippen LogP contribution in [0.4, 0.5) is 5.69 Å². The van der Waals surface area contributed by atoms with Gasteiger partial charge in [-0.1, -0.05) is 6.07 Å². The van der Waals surface area contributed by atoms with E-state index in [9.17, 15) is 13.5 Å². The lowest BCUT2D eigenvalue weighted by molar-refractivity contribution is 0.0649. The van der Waals surface area contributed by atoms with E-state index in [0.717, 1.165) is 0 Å². The summed E-state index contributed by atoms with van der Waals surface area (Å²) < 4.78 is 25.6. The smallest absolute Gasteiger partial charge is 0.240 e. The first-order valence-electron chi connectivity index (χ1n) is 5.69. The fourth-order valence-electron chi connectivity index (χ4n) is 1.30. The van der Waals surface area contributed by atoms with Crippen molar-refractivity contribution < 1.29 is 13.5 Å². The predicted molar refractivity (Wildman–Crippen MR) is 72.1 cm³/mol. The maximum absolute atomic E-state index is 11.6. The van der Waals surface area contributed by atoms with Crippen LogP contribution in [0.2, 0.25) is 0 Å². The highest BCUT2D eigenvalue weighted by Gasteiger charge is 2.22. The Morgan fingerprint density at radius 2 is 1.94 bits per heavy atom. The van der Waals surface area contributed by atoms with Crippen molar-refractivity contribution >= 4 is 15.7 Å². The molecule has 18 heavy (non-hydrogen) atoms. The fourth-order valence-corrected chi connectivity index (χ4v) is 2.07. The van der Waals surface area contributed by atoms with Crippen LogP contribution >= 0.6 is 0 Å². The third-order valence-corrected chi connectivity index (χ3v) is 4.27. The Hall–Kier alpha value is -1.11. The Labute approximate surface area is 108 Å². The molecule has 0 aliphatic heterocycles. The average Bonchev–Trinajstić information content (AvgIpc) is 2.28. The Kier molecular flexibility index (Phi) is 4.37. The first-order valence-corrected chi connectivity index (χ1v) is 7.17. The second-order valence-corrected chi connectivity index (χ2v) is 6.64. The molecule has 6 heteroatoms. The normalized spacial score (nSPS) is 14.3. The van der Waals surface area contributed by atoms with E-state index in [1.54, 1.807) is 26.0 Å². The maximum atomic E-state index is 11.6. The molecule has 5 nitrogen and oxygen atoms in total. The minimum atomic E-state index is -3.44. The van der Waals surface area contributed by atoms with Crippen LogP contribution in [0, 0.1) is 0 Å². The lowest BCUT2D eigenvalue weighted by atomic mass is 10.0. The van der Waals surface area contributed by atoms with Crippen LogP contribution in [0.15, 0.2) is 29.2 Å². The molecule has 0 aliphatic rings. The van der Waals surface area contributed by atoms with E-state index in [4.69, 9.17) is 0 Å². The molecule has 0 heterocycles. The van der Waals surface area contributed by atoms with Gasteiger partial charge in [-0.05, 0) is 46.0 Å². The minimum absolute atomic E-state index is 0.193. The second-order valence-electron chi connectivity index (χ2n) is 4.76. The van der Waals surface area contributed by atoms with Crippen LogP contribution in [-0.2, 0) is 10.0 Å². The van der Waals surface area contributed by atoms with Crippen molar-refractivity contribution in [2.45, 2.75) is 37.3 Å². The van der Waals surface area contributed by atoms with Gasteiger partial charge in [0.15, 0.2) is 0 Å². The van der Waals surface area contributed by atoms with Crippen molar-refractivity contribution in [1.29, 1.82) is 0 Å². The Bertz CT molecular complexity index is 506. The lowest BCUT2D eigenvalue weighted by Gasteiger charge is -2.27. The van der Waals surface area contributed by atoms with Crippen molar-refractivity contribution in [3.63, 3.8) is 0 Å². The van der Waals surface area contributed by atoms with Gasteiger partial charge in [0.05, 0.1) is 16.5 Å². The molecular formula is C12H20N2O3S. The van der Waals surface area contributed by atoms with E-state index in [1.807, 2.05) is 6.92 Å². The maximum Gasteiger partial charge on any atom is 0.240 e. The molecule has 0 aliphatic carbocycles. The van der Waals surface area contributed by atoms with Gasteiger partial charge in [-0.2, -0.15) is 0 Å². The highest BCUT2D eigenvalue weighted by Crippen LogP contribution is 2.19. The molecule has 0 fully saturated rings. The molecular weight excluding hydrogens is 252 g/mol. The molecule has 102 valence electrons. The summed E-state index contributed by atoms with van der Waals surface area (Å²) in [7, 11) is -2.07. The van der Waals surface area contributed by atoms with E-state index in [0.29, 0.717) is 5.69 Å². The predicted octanol–water partition coefficient (Wildman–Crippen LogP) is 1.17. The number of benzene rings is 1. The molecule has 0 aromatic heterocycles. The molecule has 0 radical (unpaired) electrons. The van der Waals surface area contributed by atoms with Crippen molar-refractivity contribution in [2.75, 3.05) is 12.4 Å². The van der Waals surface area contributed by atoms with E-state index >= 15 is 0 Å². The summed E-state index contributed by atoms with van der Waals surface area (Å²) in [6.07, 6.45) is 0. The first kappa shape index (κ1) is 14.9. The van der Waals surface area contributed by atoms with Crippen molar-refractivity contribution in [2.24, 2.45) is 0 Å². The number of aliphatic hydroxyl groups is 1. The van der Waals surface area contributed by atoms with Gasteiger partial charge in [0.2, 0.25) is 10.0 Å². The highest BCUT2D eigenvalue weighted by molar-refractivity contribution is 7.89. The van der Waals surface area contributed by atoms with Gasteiger partial charge in [-0.25, -0.2) is 13.1 Å². The van der Waals surface area contributed by atoms with E-state index < -0.39 is 15.6 Å². The molecule has 1 atom stereocenters. The van der Waals surface area contributed by atoms with Crippen molar-refractivity contribution in [3.05, 3.63) is 24.3 Å². The summed E-state index contributed by atoms with van der Waals surface area (Å²) in [6.45, 7) is 5.22. The average molecular weight is 272 g/mol. The van der Waals surface area contributed by atoms with Crippen LogP contribution in [0.1, 0.15) is 20.8 Å². The van der Waals surface area contributed by atoms with Gasteiger partial charge in [0, 0.05) is 5.69 Å². The molecule has 1 unspecified atom stereocenters. The van der Waals surface area contributed by atoms with Gasteiger partial charge in [0.25, 0.3) is 0 Å². The van der Waals surface area contributed by atoms with Gasteiger partial charge < -0.3 is 10.4 Å². The number of anilines is 1. The van der Waals surface area contributed by atoms with E-state index in [2.05, 4.69) is 10.0 Å². The molecule has 1 aromatic rings. The third-order valence-electron chi connectivity index (χ3n) is 2.86. The van der Waals surface area contributed by atoms with E-state index in [-0.39, 0.29) is 10.9 Å². The zero-order chi connectivity index (χ0) is 14.0. The van der Waals surface area contributed by atoms with Gasteiger partial charge >= 0.3 is 0 Å². The number of nitrogens with one attached hydrogen (secondary N) is 2. The molecule has 0 saturated carbocycles. The zero-order valence-corrected chi connectivity index (χ0v) is 11.9. The monoisotopic (exact) mass is 272 g/mol. The number of sulfonamides is 1. The van der Waals surface area contributed by atoms with Crippen molar-refractivity contribution in [3.8, 4) is 0 Å². The summed E-state index contributed by atoms with van der Waals surface area (Å²) in [5.41, 5.74) is -0.237. The quantitative estimate of drug-likeness (QED) is 0.752. The van der Waals surface area contributed by atoms with Gasteiger partial charge in [0.1, 0.15) is 0 Å². The number of hydrogen-bond donors (Lipinski definition) is 3. The Morgan fingerprint density at radius 3 is 2.44 bits per heavy atom. The molecule has 3 N–H and O–H groups in total. The Balaban J connectivity index is 2.97. The van der Waals surface area contributed by atoms with Gasteiger partial charge in [-0.3, -0.25) is 0 Å². The minimum Gasteiger partial charge on any atom is -0.388 e. The summed E-state index contributed by atoms with van der Waals surface area (Å²) in [5, 5.41) is 12.9. The fraction of sp³-hybridized carbons (Fsp3) is 0.500. The van der Waals surface area contributed by atoms with E-state index in [1.165, 1.54) is 19.2 Å². The molecule has 1 aromatic carbocycles. The van der Waals surface area contributed by atoms with Crippen LogP contribution in [0.5, 0.6) is 0 Å². The topological polar surface area (TPSA) is 78.4 Å². The summed E-state index contributed by atoms with van der Waals surface area (Å²) in [5.74, 6) is 0. The second kappa shape index (κ2) is 5.26. The van der Waals surface area contributed by atoms with Crippen LogP contribution < -0.4 is 10.0 Å². The van der Waals surface area contributed by atoms with Crippen molar-refractivity contribution in [1.82, 2.24) is 4.72 Å².